The molecule has 3 nitrogen and oxygen atoms in total. The van der Waals surface area contributed by atoms with E-state index in [1.165, 1.54) is 29.8 Å². The number of aromatic nitrogens is 1. The number of carbonyl (C=O) groups is 1. The highest BCUT2D eigenvalue weighted by atomic mass is 32.1. The lowest BCUT2D eigenvalue weighted by atomic mass is 10.2. The van der Waals surface area contributed by atoms with E-state index in [9.17, 15) is 9.18 Å². The minimum atomic E-state index is -0.358. The molecule has 0 atom stereocenters. The summed E-state index contributed by atoms with van der Waals surface area (Å²) in [6, 6.07) is 13.6. The van der Waals surface area contributed by atoms with Gasteiger partial charge in [-0.15, -0.1) is 11.3 Å². The molecule has 2 aromatic carbocycles. The first-order valence-corrected chi connectivity index (χ1v) is 8.05. The topological polar surface area (TPSA) is 42.0 Å². The molecule has 5 heteroatoms. The average Bonchev–Trinajstić information content (AvgIpc) is 3.03. The third-order valence-corrected chi connectivity index (χ3v) is 4.33. The van der Waals surface area contributed by atoms with Crippen molar-refractivity contribution in [2.24, 2.45) is 0 Å². The summed E-state index contributed by atoms with van der Waals surface area (Å²) < 4.78 is 12.8. The number of nitrogens with zero attached hydrogens (tertiary/aromatic N) is 1. The molecule has 3 rings (SSSR count). The fraction of sp³-hybridized carbons (Fsp3) is 0.111. The third kappa shape index (κ3) is 3.81. The molecule has 1 amide bonds. The van der Waals surface area contributed by atoms with Crippen molar-refractivity contribution in [3.8, 4) is 10.6 Å². The smallest absolute Gasteiger partial charge is 0.251 e. The van der Waals surface area contributed by atoms with E-state index in [0.717, 1.165) is 16.3 Å². The zero-order chi connectivity index (χ0) is 16.2. The molecular formula is C18H15FN2OS. The van der Waals surface area contributed by atoms with Crippen molar-refractivity contribution in [1.29, 1.82) is 0 Å². The van der Waals surface area contributed by atoms with Crippen LogP contribution in [0.3, 0.4) is 0 Å². The second-order valence-electron chi connectivity index (χ2n) is 5.20. The van der Waals surface area contributed by atoms with Crippen molar-refractivity contribution in [3.63, 3.8) is 0 Å². The van der Waals surface area contributed by atoms with Gasteiger partial charge in [-0.25, -0.2) is 9.37 Å². The summed E-state index contributed by atoms with van der Waals surface area (Å²) in [6.45, 7) is 2.39. The van der Waals surface area contributed by atoms with Gasteiger partial charge in [-0.1, -0.05) is 29.8 Å². The Labute approximate surface area is 137 Å². The van der Waals surface area contributed by atoms with Gasteiger partial charge in [-0.2, -0.15) is 0 Å². The van der Waals surface area contributed by atoms with E-state index in [0.29, 0.717) is 12.1 Å². The zero-order valence-electron chi connectivity index (χ0n) is 12.5. The molecule has 116 valence electrons. The number of hydrogen-bond donors (Lipinski definition) is 1. The van der Waals surface area contributed by atoms with E-state index in [2.05, 4.69) is 10.3 Å². The number of carbonyl (C=O) groups excluding carboxylic acids is 1. The van der Waals surface area contributed by atoms with E-state index in [-0.39, 0.29) is 11.7 Å². The van der Waals surface area contributed by atoms with E-state index < -0.39 is 0 Å². The predicted molar refractivity (Wildman–Crippen MR) is 89.9 cm³/mol. The number of nitrogens with one attached hydrogen (secondary N) is 1. The lowest BCUT2D eigenvalue weighted by Gasteiger charge is -2.03. The van der Waals surface area contributed by atoms with Crippen LogP contribution in [0.2, 0.25) is 0 Å². The molecule has 1 N–H and O–H groups in total. The lowest BCUT2D eigenvalue weighted by molar-refractivity contribution is 0.0950. The van der Waals surface area contributed by atoms with Crippen molar-refractivity contribution < 1.29 is 9.18 Å². The number of benzene rings is 2. The maximum atomic E-state index is 12.8. The molecule has 0 bridgehead atoms. The van der Waals surface area contributed by atoms with Gasteiger partial charge >= 0.3 is 0 Å². The van der Waals surface area contributed by atoms with Crippen LogP contribution in [0.4, 0.5) is 4.39 Å². The summed E-state index contributed by atoms with van der Waals surface area (Å²) in [5.41, 5.74) is 3.51. The highest BCUT2D eigenvalue weighted by Crippen LogP contribution is 2.23. The standard InChI is InChI=1S/C18H15FN2OS/c1-12-2-4-14(5-3-12)18-21-16(11-23-18)10-20-17(22)13-6-8-15(19)9-7-13/h2-9,11H,10H2,1H3,(H,20,22). The summed E-state index contributed by atoms with van der Waals surface area (Å²) in [5, 5.41) is 5.65. The highest BCUT2D eigenvalue weighted by molar-refractivity contribution is 7.13. The first-order valence-electron chi connectivity index (χ1n) is 7.17. The lowest BCUT2D eigenvalue weighted by Crippen LogP contribution is -2.22. The number of hydrogen-bond acceptors (Lipinski definition) is 3. The van der Waals surface area contributed by atoms with E-state index in [1.807, 2.05) is 36.6 Å². The maximum Gasteiger partial charge on any atom is 0.251 e. The highest BCUT2D eigenvalue weighted by Gasteiger charge is 2.08. The van der Waals surface area contributed by atoms with Gasteiger partial charge in [0, 0.05) is 16.5 Å². The van der Waals surface area contributed by atoms with Gasteiger partial charge in [-0.3, -0.25) is 4.79 Å². The number of thiazole rings is 1. The normalized spacial score (nSPS) is 10.5. The van der Waals surface area contributed by atoms with Gasteiger partial charge in [0.2, 0.25) is 0 Å². The Morgan fingerprint density at radius 1 is 1.13 bits per heavy atom. The fourth-order valence-corrected chi connectivity index (χ4v) is 2.92. The minimum absolute atomic E-state index is 0.241. The zero-order valence-corrected chi connectivity index (χ0v) is 13.4. The first kappa shape index (κ1) is 15.4. The Kier molecular flexibility index (Phi) is 4.48. The monoisotopic (exact) mass is 326 g/mol. The average molecular weight is 326 g/mol. The second kappa shape index (κ2) is 6.71. The summed E-state index contributed by atoms with van der Waals surface area (Å²) in [6.07, 6.45) is 0. The van der Waals surface area contributed by atoms with Crippen LogP contribution in [0.1, 0.15) is 21.6 Å². The largest absolute Gasteiger partial charge is 0.346 e. The van der Waals surface area contributed by atoms with Crippen LogP contribution in [-0.2, 0) is 6.54 Å². The fourth-order valence-electron chi connectivity index (χ4n) is 2.09. The quantitative estimate of drug-likeness (QED) is 0.781. The first-order chi connectivity index (χ1) is 11.1. The summed E-state index contributed by atoms with van der Waals surface area (Å²) in [5.74, 6) is -0.598. The van der Waals surface area contributed by atoms with Gasteiger partial charge in [0.05, 0.1) is 12.2 Å². The Morgan fingerprint density at radius 3 is 2.52 bits per heavy atom. The molecule has 0 aliphatic heterocycles. The Hall–Kier alpha value is -2.53. The van der Waals surface area contributed by atoms with Gasteiger partial charge in [-0.05, 0) is 31.2 Å². The molecule has 3 aromatic rings. The molecule has 0 fully saturated rings. The van der Waals surface area contributed by atoms with Crippen LogP contribution in [0, 0.1) is 12.7 Å². The van der Waals surface area contributed by atoms with E-state index >= 15 is 0 Å². The van der Waals surface area contributed by atoms with Crippen molar-refractivity contribution in [2.45, 2.75) is 13.5 Å². The molecule has 0 unspecified atom stereocenters. The van der Waals surface area contributed by atoms with Crippen LogP contribution in [-0.4, -0.2) is 10.9 Å². The number of amides is 1. The summed E-state index contributed by atoms with van der Waals surface area (Å²) in [7, 11) is 0. The molecular weight excluding hydrogens is 311 g/mol. The summed E-state index contributed by atoms with van der Waals surface area (Å²) >= 11 is 1.55. The van der Waals surface area contributed by atoms with Crippen molar-refractivity contribution in [3.05, 3.63) is 76.5 Å². The molecule has 1 aromatic heterocycles. The number of halogens is 1. The van der Waals surface area contributed by atoms with E-state index in [4.69, 9.17) is 0 Å². The van der Waals surface area contributed by atoms with Crippen molar-refractivity contribution in [2.75, 3.05) is 0 Å². The van der Waals surface area contributed by atoms with Gasteiger partial charge < -0.3 is 5.32 Å². The van der Waals surface area contributed by atoms with Gasteiger partial charge in [0.1, 0.15) is 10.8 Å². The van der Waals surface area contributed by atoms with Crippen LogP contribution < -0.4 is 5.32 Å². The Balaban J connectivity index is 1.64. The van der Waals surface area contributed by atoms with Gasteiger partial charge in [0.25, 0.3) is 5.91 Å². The molecule has 0 spiro atoms. The molecule has 23 heavy (non-hydrogen) atoms. The Morgan fingerprint density at radius 2 is 1.83 bits per heavy atom. The summed E-state index contributed by atoms with van der Waals surface area (Å²) in [4.78, 5) is 16.5. The van der Waals surface area contributed by atoms with Gasteiger partial charge in [0.15, 0.2) is 0 Å². The molecule has 1 heterocycles. The number of rotatable bonds is 4. The molecule has 0 radical (unpaired) electrons. The second-order valence-corrected chi connectivity index (χ2v) is 6.06. The SMILES string of the molecule is Cc1ccc(-c2nc(CNC(=O)c3ccc(F)cc3)cs2)cc1. The maximum absolute atomic E-state index is 12.8. The molecule has 0 saturated carbocycles. The molecule has 0 saturated heterocycles. The van der Waals surface area contributed by atoms with Crippen molar-refractivity contribution in [1.82, 2.24) is 10.3 Å². The predicted octanol–water partition coefficient (Wildman–Crippen LogP) is 4.19. The molecule has 0 aliphatic rings. The van der Waals surface area contributed by atoms with Crippen LogP contribution >= 0.6 is 11.3 Å². The Bertz CT molecular complexity index is 810. The van der Waals surface area contributed by atoms with Crippen molar-refractivity contribution >= 4 is 17.2 Å². The van der Waals surface area contributed by atoms with Crippen LogP contribution in [0.15, 0.2) is 53.9 Å². The minimum Gasteiger partial charge on any atom is -0.346 e. The van der Waals surface area contributed by atoms with E-state index in [1.54, 1.807) is 11.3 Å². The van der Waals surface area contributed by atoms with Crippen LogP contribution in [0.25, 0.3) is 10.6 Å². The molecule has 0 aliphatic carbocycles. The van der Waals surface area contributed by atoms with Crippen LogP contribution in [0.5, 0.6) is 0 Å². The number of aryl methyl sites for hydroxylation is 1. The third-order valence-electron chi connectivity index (χ3n) is 3.39.